The smallest absolute Gasteiger partial charge is 0.243 e. The van der Waals surface area contributed by atoms with Gasteiger partial charge in [0.05, 0.1) is 0 Å². The molecule has 0 saturated carbocycles. The Morgan fingerprint density at radius 3 is 1.78 bits per heavy atom. The van der Waals surface area contributed by atoms with E-state index in [9.17, 15) is 8.42 Å². The van der Waals surface area contributed by atoms with Gasteiger partial charge >= 0.3 is 0 Å². The lowest BCUT2D eigenvalue weighted by Crippen LogP contribution is -2.32. The second kappa shape index (κ2) is 13.1. The molecule has 5 heteroatoms. The highest BCUT2D eigenvalue weighted by molar-refractivity contribution is 7.72. The standard InChI is InChI=1S/C13H28N2O2S/c1-2-3-4-5-6-7-8-9-10-11-12-15-13(14)18(16)17/h15H,2-12,14H2,1H3. The molecular formula is C13H28N2O2S. The Bertz CT molecular complexity index is 305. The van der Waals surface area contributed by atoms with Crippen LogP contribution in [0, 0.1) is 0 Å². The zero-order valence-corrected chi connectivity index (χ0v) is 12.4. The highest BCUT2D eigenvalue weighted by Gasteiger charge is 1.94. The second-order valence-corrected chi connectivity index (χ2v) is 5.62. The molecule has 4 nitrogen and oxygen atoms in total. The molecule has 0 heterocycles. The van der Waals surface area contributed by atoms with Crippen molar-refractivity contribution in [1.29, 1.82) is 0 Å². The molecule has 0 spiro atoms. The Morgan fingerprint density at radius 2 is 1.33 bits per heavy atom. The molecular weight excluding hydrogens is 248 g/mol. The first-order valence-corrected chi connectivity index (χ1v) is 8.21. The molecule has 0 aromatic rings. The van der Waals surface area contributed by atoms with Crippen molar-refractivity contribution in [3.05, 3.63) is 0 Å². The number of nitrogens with two attached hydrogens (primary N) is 1. The van der Waals surface area contributed by atoms with Crippen molar-refractivity contribution in [3.63, 3.8) is 0 Å². The van der Waals surface area contributed by atoms with Gasteiger partial charge < -0.3 is 0 Å². The minimum absolute atomic E-state index is 0.147. The van der Waals surface area contributed by atoms with Crippen LogP contribution in [-0.2, 0) is 10.3 Å². The summed E-state index contributed by atoms with van der Waals surface area (Å²) in [5, 5.41) is 2.54. The molecule has 0 aromatic carbocycles. The van der Waals surface area contributed by atoms with Crippen molar-refractivity contribution in [2.24, 2.45) is 5.73 Å². The van der Waals surface area contributed by atoms with E-state index in [0.29, 0.717) is 6.54 Å². The predicted molar refractivity (Wildman–Crippen MR) is 78.0 cm³/mol. The summed E-state index contributed by atoms with van der Waals surface area (Å²) in [4.78, 5) is 0. The van der Waals surface area contributed by atoms with E-state index in [1.54, 1.807) is 0 Å². The maximum atomic E-state index is 10.4. The fourth-order valence-electron chi connectivity index (χ4n) is 1.88. The molecule has 0 aliphatic carbocycles. The van der Waals surface area contributed by atoms with E-state index in [4.69, 9.17) is 5.73 Å². The van der Waals surface area contributed by atoms with Crippen LogP contribution in [0.4, 0.5) is 0 Å². The predicted octanol–water partition coefficient (Wildman–Crippen LogP) is 2.42. The fraction of sp³-hybridized carbons (Fsp3) is 0.923. The van der Waals surface area contributed by atoms with Crippen LogP contribution in [0.15, 0.2) is 0 Å². The summed E-state index contributed by atoms with van der Waals surface area (Å²) in [5.74, 6) is 0. The summed E-state index contributed by atoms with van der Waals surface area (Å²) in [6, 6.07) is 0. The van der Waals surface area contributed by atoms with Crippen molar-refractivity contribution in [2.75, 3.05) is 6.54 Å². The quantitative estimate of drug-likeness (QED) is 0.449. The Morgan fingerprint density at radius 1 is 0.889 bits per heavy atom. The van der Waals surface area contributed by atoms with E-state index in [1.807, 2.05) is 0 Å². The highest BCUT2D eigenvalue weighted by Crippen LogP contribution is 2.10. The summed E-state index contributed by atoms with van der Waals surface area (Å²) >= 11 is 0. The largest absolute Gasteiger partial charge is 0.280 e. The lowest BCUT2D eigenvalue weighted by Gasteiger charge is -2.03. The maximum Gasteiger partial charge on any atom is 0.243 e. The molecule has 0 bridgehead atoms. The topological polar surface area (TPSA) is 72.2 Å². The van der Waals surface area contributed by atoms with Crippen molar-refractivity contribution in [1.82, 2.24) is 5.32 Å². The summed E-state index contributed by atoms with van der Waals surface area (Å²) < 4.78 is 20.8. The zero-order chi connectivity index (χ0) is 13.6. The molecule has 0 amide bonds. The third kappa shape index (κ3) is 12.1. The van der Waals surface area contributed by atoms with Crippen LogP contribution in [0.2, 0.25) is 0 Å². The van der Waals surface area contributed by atoms with Gasteiger partial charge in [-0.05, 0) is 6.42 Å². The van der Waals surface area contributed by atoms with E-state index >= 15 is 0 Å². The molecule has 0 fully saturated rings. The molecule has 108 valence electrons. The van der Waals surface area contributed by atoms with E-state index in [-0.39, 0.29) is 5.11 Å². The summed E-state index contributed by atoms with van der Waals surface area (Å²) in [6.45, 7) is 2.89. The number of rotatable bonds is 11. The van der Waals surface area contributed by atoms with E-state index in [1.165, 1.54) is 51.4 Å². The van der Waals surface area contributed by atoms with E-state index in [0.717, 1.165) is 12.8 Å². The third-order valence-electron chi connectivity index (χ3n) is 3.01. The number of hydrogen-bond donors (Lipinski definition) is 2. The molecule has 0 aromatic heterocycles. The number of nitrogens with one attached hydrogen (secondary N) is 1. The first-order valence-electron chi connectivity index (χ1n) is 7.14. The molecule has 3 N–H and O–H groups in total. The van der Waals surface area contributed by atoms with Gasteiger partial charge in [-0.3, -0.25) is 11.1 Å². The lowest BCUT2D eigenvalue weighted by molar-refractivity contribution is 0.555. The monoisotopic (exact) mass is 276 g/mol. The average Bonchev–Trinajstić information content (AvgIpc) is 2.35. The van der Waals surface area contributed by atoms with Crippen LogP contribution in [0.1, 0.15) is 71.1 Å². The van der Waals surface area contributed by atoms with Gasteiger partial charge in [0.25, 0.3) is 0 Å². The van der Waals surface area contributed by atoms with E-state index < -0.39 is 10.3 Å². The first kappa shape index (κ1) is 17.6. The van der Waals surface area contributed by atoms with Crippen LogP contribution >= 0.6 is 0 Å². The van der Waals surface area contributed by atoms with Gasteiger partial charge in [0.2, 0.25) is 10.3 Å². The fourth-order valence-corrected chi connectivity index (χ4v) is 2.10. The first-order chi connectivity index (χ1) is 8.68. The molecule has 0 aliphatic heterocycles. The lowest BCUT2D eigenvalue weighted by atomic mass is 10.1. The summed E-state index contributed by atoms with van der Waals surface area (Å²) in [6.07, 6.45) is 12.7. The Balaban J connectivity index is 3.15. The molecule has 0 rings (SSSR count). The van der Waals surface area contributed by atoms with Gasteiger partial charge in [0, 0.05) is 6.54 Å². The zero-order valence-electron chi connectivity index (χ0n) is 11.6. The van der Waals surface area contributed by atoms with Gasteiger partial charge in [0.15, 0.2) is 5.11 Å². The Kier molecular flexibility index (Phi) is 12.8. The Labute approximate surface area is 113 Å². The number of hydrogen-bond acceptors (Lipinski definition) is 2. The van der Waals surface area contributed by atoms with Gasteiger partial charge in [-0.2, -0.15) is 8.42 Å². The summed E-state index contributed by atoms with van der Waals surface area (Å²) in [5.41, 5.74) is 5.23. The molecule has 0 radical (unpaired) electrons. The van der Waals surface area contributed by atoms with Crippen LogP contribution in [0.5, 0.6) is 0 Å². The van der Waals surface area contributed by atoms with Gasteiger partial charge in [-0.25, -0.2) is 0 Å². The van der Waals surface area contributed by atoms with E-state index in [2.05, 4.69) is 12.2 Å². The van der Waals surface area contributed by atoms with Crippen LogP contribution in [-0.4, -0.2) is 20.1 Å². The van der Waals surface area contributed by atoms with Gasteiger partial charge in [0.1, 0.15) is 0 Å². The molecule has 18 heavy (non-hydrogen) atoms. The van der Waals surface area contributed by atoms with Crippen LogP contribution < -0.4 is 11.1 Å². The molecule has 0 saturated heterocycles. The second-order valence-electron chi connectivity index (χ2n) is 4.71. The normalized spacial score (nSPS) is 10.6. The van der Waals surface area contributed by atoms with Crippen LogP contribution in [0.3, 0.4) is 0 Å². The summed E-state index contributed by atoms with van der Waals surface area (Å²) in [7, 11) is -2.29. The maximum absolute atomic E-state index is 10.4. The van der Waals surface area contributed by atoms with Crippen LogP contribution in [0.25, 0.3) is 0 Å². The van der Waals surface area contributed by atoms with Gasteiger partial charge in [-0.1, -0.05) is 64.7 Å². The van der Waals surface area contributed by atoms with Gasteiger partial charge in [-0.15, -0.1) is 0 Å². The van der Waals surface area contributed by atoms with Crippen molar-refractivity contribution < 1.29 is 8.42 Å². The minimum Gasteiger partial charge on any atom is -0.280 e. The van der Waals surface area contributed by atoms with Crippen molar-refractivity contribution >= 4 is 15.4 Å². The number of unbranched alkanes of at least 4 members (excludes halogenated alkanes) is 9. The molecule has 0 unspecified atom stereocenters. The third-order valence-corrected chi connectivity index (χ3v) is 3.51. The molecule has 0 atom stereocenters. The molecule has 0 aliphatic rings. The minimum atomic E-state index is -2.29. The van der Waals surface area contributed by atoms with Crippen molar-refractivity contribution in [2.45, 2.75) is 71.1 Å². The highest BCUT2D eigenvalue weighted by atomic mass is 32.2. The van der Waals surface area contributed by atoms with Crippen molar-refractivity contribution in [3.8, 4) is 0 Å². The Hall–Kier alpha value is -0.390. The SMILES string of the molecule is CCCCCCCCCCCCNC(N)=S(=O)=O. The average molecular weight is 276 g/mol.